The van der Waals surface area contributed by atoms with Gasteiger partial charge in [-0.05, 0) is 41.5 Å². The molecule has 0 aliphatic carbocycles. The highest BCUT2D eigenvalue weighted by molar-refractivity contribution is 9.10. The Morgan fingerprint density at radius 1 is 1.00 bits per heavy atom. The fraction of sp³-hybridized carbons (Fsp3) is 0.167. The minimum Gasteiger partial charge on any atom is -0.325 e. The predicted octanol–water partition coefficient (Wildman–Crippen LogP) is 3.75. The van der Waals surface area contributed by atoms with E-state index >= 15 is 0 Å². The molecule has 0 N–H and O–H groups in total. The Bertz CT molecular complexity index is 1090. The van der Waals surface area contributed by atoms with Crippen LogP contribution in [0.15, 0.2) is 83.6 Å². The maximum Gasteiger partial charge on any atom is 0.257 e. The van der Waals surface area contributed by atoms with Crippen LogP contribution in [0.2, 0.25) is 0 Å². The first-order valence-corrected chi connectivity index (χ1v) is 10.7. The van der Waals surface area contributed by atoms with Gasteiger partial charge in [0.1, 0.15) is 6.04 Å². The lowest BCUT2D eigenvalue weighted by Crippen LogP contribution is -2.45. The zero-order chi connectivity index (χ0) is 21.8. The monoisotopic (exact) mass is 477 g/mol. The molecule has 156 valence electrons. The van der Waals surface area contributed by atoms with E-state index in [1.165, 1.54) is 9.80 Å². The van der Waals surface area contributed by atoms with Crippen LogP contribution in [0.5, 0.6) is 0 Å². The molecule has 2 aromatic carbocycles. The van der Waals surface area contributed by atoms with Gasteiger partial charge in [-0.15, -0.1) is 0 Å². The number of anilines is 1. The van der Waals surface area contributed by atoms with E-state index in [0.717, 1.165) is 15.6 Å². The van der Waals surface area contributed by atoms with Crippen LogP contribution in [0.4, 0.5) is 5.69 Å². The van der Waals surface area contributed by atoms with Crippen molar-refractivity contribution in [2.24, 2.45) is 0 Å². The molecule has 4 rings (SSSR count). The lowest BCUT2D eigenvalue weighted by atomic mass is 10.1. The normalized spacial score (nSPS) is 15.9. The van der Waals surface area contributed by atoms with E-state index in [4.69, 9.17) is 0 Å². The quantitative estimate of drug-likeness (QED) is 0.507. The average molecular weight is 478 g/mol. The largest absolute Gasteiger partial charge is 0.325 e. The van der Waals surface area contributed by atoms with E-state index in [1.807, 2.05) is 36.4 Å². The minimum absolute atomic E-state index is 0.0459. The summed E-state index contributed by atoms with van der Waals surface area (Å²) in [5.74, 6) is -0.919. The van der Waals surface area contributed by atoms with E-state index in [2.05, 4.69) is 20.9 Å². The smallest absolute Gasteiger partial charge is 0.257 e. The molecule has 1 atom stereocenters. The van der Waals surface area contributed by atoms with Crippen LogP contribution in [0.3, 0.4) is 0 Å². The number of halogens is 1. The number of carbonyl (C=O) groups is 3. The van der Waals surface area contributed by atoms with Crippen LogP contribution >= 0.6 is 15.9 Å². The van der Waals surface area contributed by atoms with E-state index in [-0.39, 0.29) is 31.2 Å². The molecule has 1 aromatic heterocycles. The Morgan fingerprint density at radius 3 is 2.39 bits per heavy atom. The molecular formula is C24H20BrN3O3. The number of pyridine rings is 1. The predicted molar refractivity (Wildman–Crippen MR) is 120 cm³/mol. The van der Waals surface area contributed by atoms with Crippen molar-refractivity contribution in [1.82, 2.24) is 9.88 Å². The van der Waals surface area contributed by atoms with E-state index < -0.39 is 11.9 Å². The molecule has 1 fully saturated rings. The summed E-state index contributed by atoms with van der Waals surface area (Å²) in [7, 11) is 0. The molecule has 6 nitrogen and oxygen atoms in total. The molecule has 3 amide bonds. The first kappa shape index (κ1) is 20.9. The number of hydrogen-bond donors (Lipinski definition) is 0. The third kappa shape index (κ3) is 4.72. The zero-order valence-corrected chi connectivity index (χ0v) is 18.2. The highest BCUT2D eigenvalue weighted by atomic mass is 79.9. The topological polar surface area (TPSA) is 70.6 Å². The fourth-order valence-electron chi connectivity index (χ4n) is 3.65. The minimum atomic E-state index is -0.854. The summed E-state index contributed by atoms with van der Waals surface area (Å²) in [5, 5.41) is 0. The van der Waals surface area contributed by atoms with Gasteiger partial charge in [0, 0.05) is 23.4 Å². The molecule has 0 spiro atoms. The first-order valence-electron chi connectivity index (χ1n) is 9.87. The van der Waals surface area contributed by atoms with Gasteiger partial charge in [-0.2, -0.15) is 0 Å². The van der Waals surface area contributed by atoms with E-state index in [1.54, 1.807) is 42.7 Å². The summed E-state index contributed by atoms with van der Waals surface area (Å²) in [6.45, 7) is 0.206. The maximum absolute atomic E-state index is 13.3. The van der Waals surface area contributed by atoms with Gasteiger partial charge in [0.25, 0.3) is 5.91 Å². The highest BCUT2D eigenvalue weighted by Gasteiger charge is 2.44. The Labute approximate surface area is 188 Å². The molecular weight excluding hydrogens is 458 g/mol. The van der Waals surface area contributed by atoms with Crippen molar-refractivity contribution in [3.05, 3.63) is 94.7 Å². The molecule has 0 radical (unpaired) electrons. The molecule has 31 heavy (non-hydrogen) atoms. The van der Waals surface area contributed by atoms with Crippen molar-refractivity contribution in [1.29, 1.82) is 0 Å². The van der Waals surface area contributed by atoms with Gasteiger partial charge in [-0.25, -0.2) is 4.90 Å². The number of amides is 3. The standard InChI is InChI=1S/C24H20BrN3O3/c25-19-8-10-20(11-9-19)28-23(30)14-21(24(28)31)27(16-18-7-4-12-26-15-18)22(29)13-17-5-2-1-3-6-17/h1-12,15,21H,13-14,16H2. The third-order valence-corrected chi connectivity index (χ3v) is 5.71. The molecule has 0 bridgehead atoms. The van der Waals surface area contributed by atoms with Gasteiger partial charge >= 0.3 is 0 Å². The zero-order valence-electron chi connectivity index (χ0n) is 16.6. The van der Waals surface area contributed by atoms with Crippen molar-refractivity contribution >= 4 is 39.3 Å². The lowest BCUT2D eigenvalue weighted by molar-refractivity contribution is -0.138. The summed E-state index contributed by atoms with van der Waals surface area (Å²) >= 11 is 3.36. The van der Waals surface area contributed by atoms with E-state index in [9.17, 15) is 14.4 Å². The van der Waals surface area contributed by atoms with Crippen LogP contribution in [0, 0.1) is 0 Å². The van der Waals surface area contributed by atoms with Gasteiger partial charge in [0.05, 0.1) is 18.5 Å². The van der Waals surface area contributed by atoms with Crippen molar-refractivity contribution in [2.75, 3.05) is 4.90 Å². The molecule has 0 saturated carbocycles. The van der Waals surface area contributed by atoms with Crippen molar-refractivity contribution < 1.29 is 14.4 Å². The summed E-state index contributed by atoms with van der Waals surface area (Å²) < 4.78 is 0.850. The van der Waals surface area contributed by atoms with Crippen molar-refractivity contribution in [2.45, 2.75) is 25.4 Å². The van der Waals surface area contributed by atoms with Crippen LogP contribution in [0.1, 0.15) is 17.5 Å². The molecule has 1 aliphatic heterocycles. The van der Waals surface area contributed by atoms with Crippen LogP contribution in [-0.2, 0) is 27.3 Å². The van der Waals surface area contributed by atoms with Gasteiger partial charge < -0.3 is 4.90 Å². The molecule has 3 aromatic rings. The lowest BCUT2D eigenvalue weighted by Gasteiger charge is -2.28. The Morgan fingerprint density at radius 2 is 1.71 bits per heavy atom. The fourth-order valence-corrected chi connectivity index (χ4v) is 3.92. The second-order valence-corrected chi connectivity index (χ2v) is 8.22. The molecule has 7 heteroatoms. The molecule has 2 heterocycles. The van der Waals surface area contributed by atoms with Crippen LogP contribution in [0.25, 0.3) is 0 Å². The van der Waals surface area contributed by atoms with Crippen molar-refractivity contribution in [3.63, 3.8) is 0 Å². The summed E-state index contributed by atoms with van der Waals surface area (Å²) in [6.07, 6.45) is 3.42. The van der Waals surface area contributed by atoms with Crippen molar-refractivity contribution in [3.8, 4) is 0 Å². The molecule has 1 aliphatic rings. The Kier molecular flexibility index (Phi) is 6.23. The number of rotatable bonds is 6. The number of hydrogen-bond acceptors (Lipinski definition) is 4. The molecule has 1 unspecified atom stereocenters. The van der Waals surface area contributed by atoms with Crippen LogP contribution in [-0.4, -0.2) is 33.6 Å². The summed E-state index contributed by atoms with van der Waals surface area (Å²) in [5.41, 5.74) is 2.15. The Hall–Kier alpha value is -3.32. The number of benzene rings is 2. The van der Waals surface area contributed by atoms with Gasteiger partial charge in [0.2, 0.25) is 11.8 Å². The number of carbonyl (C=O) groups excluding carboxylic acids is 3. The summed E-state index contributed by atoms with van der Waals surface area (Å²) in [4.78, 5) is 46.1. The van der Waals surface area contributed by atoms with Gasteiger partial charge in [0.15, 0.2) is 0 Å². The maximum atomic E-state index is 13.3. The van der Waals surface area contributed by atoms with E-state index in [0.29, 0.717) is 5.69 Å². The second-order valence-electron chi connectivity index (χ2n) is 7.31. The summed E-state index contributed by atoms with van der Waals surface area (Å²) in [6, 6.07) is 19.1. The van der Waals surface area contributed by atoms with Gasteiger partial charge in [-0.3, -0.25) is 19.4 Å². The number of aromatic nitrogens is 1. The SMILES string of the molecule is O=C1CC(N(Cc2cccnc2)C(=O)Cc2ccccc2)C(=O)N1c1ccc(Br)cc1. The highest BCUT2D eigenvalue weighted by Crippen LogP contribution is 2.28. The Balaban J connectivity index is 1.62. The molecule has 1 saturated heterocycles. The van der Waals surface area contributed by atoms with Gasteiger partial charge in [-0.1, -0.05) is 52.3 Å². The first-order chi connectivity index (χ1) is 15.0. The average Bonchev–Trinajstić information content (AvgIpc) is 3.08. The second kappa shape index (κ2) is 9.22. The number of imide groups is 1. The van der Waals surface area contributed by atoms with Crippen LogP contribution < -0.4 is 4.90 Å². The third-order valence-electron chi connectivity index (χ3n) is 5.18. The number of nitrogens with zero attached hydrogens (tertiary/aromatic N) is 3.